The van der Waals surface area contributed by atoms with Crippen LogP contribution in [0.5, 0.6) is 5.75 Å². The second-order valence-corrected chi connectivity index (χ2v) is 7.38. The Labute approximate surface area is 157 Å². The van der Waals surface area contributed by atoms with E-state index in [9.17, 15) is 4.79 Å². The van der Waals surface area contributed by atoms with E-state index in [1.165, 1.54) is 0 Å². The van der Waals surface area contributed by atoms with Gasteiger partial charge in [0.25, 0.3) is 5.91 Å². The number of benzene rings is 2. The Morgan fingerprint density at radius 2 is 1.73 bits per heavy atom. The highest BCUT2D eigenvalue weighted by molar-refractivity contribution is 7.09. The van der Waals surface area contributed by atoms with E-state index >= 15 is 0 Å². The maximum Gasteiger partial charge on any atom is 0.262 e. The van der Waals surface area contributed by atoms with Gasteiger partial charge in [-0.25, -0.2) is 4.98 Å². The van der Waals surface area contributed by atoms with E-state index in [0.29, 0.717) is 0 Å². The van der Waals surface area contributed by atoms with Crippen LogP contribution in [0.1, 0.15) is 21.7 Å². The van der Waals surface area contributed by atoms with Crippen molar-refractivity contribution >= 4 is 22.9 Å². The molecule has 0 saturated heterocycles. The van der Waals surface area contributed by atoms with Gasteiger partial charge in [-0.05, 0) is 56.5 Å². The zero-order chi connectivity index (χ0) is 18.7. The summed E-state index contributed by atoms with van der Waals surface area (Å²) in [5.41, 5.74) is 5.99. The van der Waals surface area contributed by atoms with Crippen molar-refractivity contribution in [1.29, 1.82) is 0 Å². The van der Waals surface area contributed by atoms with Crippen LogP contribution in [0.3, 0.4) is 0 Å². The minimum atomic E-state index is -0.178. The second-order valence-electron chi connectivity index (χ2n) is 6.32. The standard InChI is InChI=1S/C21H22N2O2S/c1-13-5-6-14(2)21(15(13)3)25-11-20(24)23-18-9-7-17(8-10-18)19-12-26-16(4)22-19/h5-10,12H,11H2,1-4H3,(H,23,24). The van der Waals surface area contributed by atoms with Crippen LogP contribution in [0, 0.1) is 27.7 Å². The fourth-order valence-corrected chi connectivity index (χ4v) is 3.32. The Morgan fingerprint density at radius 3 is 2.38 bits per heavy atom. The SMILES string of the molecule is Cc1nc(-c2ccc(NC(=O)COc3c(C)ccc(C)c3C)cc2)cs1. The van der Waals surface area contributed by atoms with Crippen molar-refractivity contribution in [3.63, 3.8) is 0 Å². The highest BCUT2D eigenvalue weighted by atomic mass is 32.1. The predicted octanol–water partition coefficient (Wildman–Crippen LogP) is 5.06. The number of rotatable bonds is 5. The van der Waals surface area contributed by atoms with Gasteiger partial charge in [0, 0.05) is 16.6 Å². The number of amides is 1. The number of aromatic nitrogens is 1. The van der Waals surface area contributed by atoms with Gasteiger partial charge >= 0.3 is 0 Å². The van der Waals surface area contributed by atoms with Crippen LogP contribution in [0.15, 0.2) is 41.8 Å². The molecule has 0 bridgehead atoms. The Balaban J connectivity index is 1.61. The normalized spacial score (nSPS) is 10.6. The predicted molar refractivity (Wildman–Crippen MR) is 107 cm³/mol. The average Bonchev–Trinajstić information content (AvgIpc) is 3.05. The van der Waals surface area contributed by atoms with Crippen molar-refractivity contribution in [2.24, 2.45) is 0 Å². The second kappa shape index (κ2) is 7.70. The Morgan fingerprint density at radius 1 is 1.04 bits per heavy atom. The molecule has 4 nitrogen and oxygen atoms in total. The van der Waals surface area contributed by atoms with E-state index in [1.54, 1.807) is 11.3 Å². The van der Waals surface area contributed by atoms with Crippen molar-refractivity contribution in [3.05, 3.63) is 63.5 Å². The molecule has 0 spiro atoms. The molecule has 26 heavy (non-hydrogen) atoms. The van der Waals surface area contributed by atoms with Crippen LogP contribution in [0.4, 0.5) is 5.69 Å². The summed E-state index contributed by atoms with van der Waals surface area (Å²) in [6.45, 7) is 8.00. The molecule has 0 atom stereocenters. The smallest absolute Gasteiger partial charge is 0.262 e. The number of thiazole rings is 1. The molecule has 1 aromatic heterocycles. The summed E-state index contributed by atoms with van der Waals surface area (Å²) in [5, 5.41) is 5.94. The van der Waals surface area contributed by atoms with E-state index in [1.807, 2.05) is 63.4 Å². The third-order valence-electron chi connectivity index (χ3n) is 4.30. The van der Waals surface area contributed by atoms with E-state index in [-0.39, 0.29) is 12.5 Å². The monoisotopic (exact) mass is 366 g/mol. The number of hydrogen-bond acceptors (Lipinski definition) is 4. The molecule has 0 aliphatic heterocycles. The van der Waals surface area contributed by atoms with E-state index in [2.05, 4.69) is 16.4 Å². The lowest BCUT2D eigenvalue weighted by Crippen LogP contribution is -2.20. The van der Waals surface area contributed by atoms with Crippen LogP contribution in [0.2, 0.25) is 0 Å². The van der Waals surface area contributed by atoms with Crippen molar-refractivity contribution in [1.82, 2.24) is 4.98 Å². The van der Waals surface area contributed by atoms with Gasteiger partial charge in [-0.1, -0.05) is 24.3 Å². The third-order valence-corrected chi connectivity index (χ3v) is 5.08. The molecule has 5 heteroatoms. The van der Waals surface area contributed by atoms with Gasteiger partial charge in [-0.15, -0.1) is 11.3 Å². The number of ether oxygens (including phenoxy) is 1. The minimum Gasteiger partial charge on any atom is -0.483 e. The molecular formula is C21H22N2O2S. The Kier molecular flexibility index (Phi) is 5.38. The number of hydrogen-bond donors (Lipinski definition) is 1. The lowest BCUT2D eigenvalue weighted by molar-refractivity contribution is -0.118. The summed E-state index contributed by atoms with van der Waals surface area (Å²) in [4.78, 5) is 16.7. The zero-order valence-electron chi connectivity index (χ0n) is 15.4. The van der Waals surface area contributed by atoms with Gasteiger partial charge in [-0.3, -0.25) is 4.79 Å². The van der Waals surface area contributed by atoms with Gasteiger partial charge in [0.1, 0.15) is 5.75 Å². The van der Waals surface area contributed by atoms with Gasteiger partial charge in [0.2, 0.25) is 0 Å². The van der Waals surface area contributed by atoms with Crippen molar-refractivity contribution < 1.29 is 9.53 Å². The van der Waals surface area contributed by atoms with Crippen LogP contribution < -0.4 is 10.1 Å². The Hall–Kier alpha value is -2.66. The van der Waals surface area contributed by atoms with Crippen molar-refractivity contribution in [2.75, 3.05) is 11.9 Å². The molecule has 1 heterocycles. The maximum atomic E-state index is 12.2. The number of nitrogens with one attached hydrogen (secondary N) is 1. The first-order valence-electron chi connectivity index (χ1n) is 8.46. The average molecular weight is 366 g/mol. The fourth-order valence-electron chi connectivity index (χ4n) is 2.70. The molecule has 2 aromatic carbocycles. The first-order chi connectivity index (χ1) is 12.4. The quantitative estimate of drug-likeness (QED) is 0.686. The number of anilines is 1. The number of carbonyl (C=O) groups excluding carboxylic acids is 1. The third kappa shape index (κ3) is 4.11. The van der Waals surface area contributed by atoms with E-state index in [4.69, 9.17) is 4.74 Å². The summed E-state index contributed by atoms with van der Waals surface area (Å²) < 4.78 is 5.76. The molecule has 1 amide bonds. The molecule has 0 aliphatic rings. The van der Waals surface area contributed by atoms with Crippen molar-refractivity contribution in [2.45, 2.75) is 27.7 Å². The molecule has 0 radical (unpaired) electrons. The minimum absolute atomic E-state index is 0.0157. The summed E-state index contributed by atoms with van der Waals surface area (Å²) >= 11 is 1.62. The maximum absolute atomic E-state index is 12.2. The van der Waals surface area contributed by atoms with Crippen LogP contribution in [0.25, 0.3) is 11.3 Å². The highest BCUT2D eigenvalue weighted by Gasteiger charge is 2.10. The van der Waals surface area contributed by atoms with Crippen LogP contribution in [-0.4, -0.2) is 17.5 Å². The number of carbonyl (C=O) groups is 1. The van der Waals surface area contributed by atoms with E-state index in [0.717, 1.165) is 44.4 Å². The molecular weight excluding hydrogens is 344 g/mol. The van der Waals surface area contributed by atoms with Crippen LogP contribution >= 0.6 is 11.3 Å². The molecule has 3 aromatic rings. The molecule has 1 N–H and O–H groups in total. The summed E-state index contributed by atoms with van der Waals surface area (Å²) in [5.74, 6) is 0.608. The number of nitrogens with zero attached hydrogens (tertiary/aromatic N) is 1. The molecule has 0 saturated carbocycles. The molecule has 3 rings (SSSR count). The van der Waals surface area contributed by atoms with Crippen molar-refractivity contribution in [3.8, 4) is 17.0 Å². The molecule has 0 unspecified atom stereocenters. The molecule has 134 valence electrons. The highest BCUT2D eigenvalue weighted by Crippen LogP contribution is 2.26. The van der Waals surface area contributed by atoms with Gasteiger partial charge in [0.05, 0.1) is 10.7 Å². The fraction of sp³-hybridized carbons (Fsp3) is 0.238. The van der Waals surface area contributed by atoms with E-state index < -0.39 is 0 Å². The summed E-state index contributed by atoms with van der Waals surface area (Å²) in [6.07, 6.45) is 0. The van der Waals surface area contributed by atoms with Crippen LogP contribution in [-0.2, 0) is 4.79 Å². The van der Waals surface area contributed by atoms with Gasteiger partial charge in [-0.2, -0.15) is 0 Å². The molecule has 0 aliphatic carbocycles. The van der Waals surface area contributed by atoms with Gasteiger partial charge in [0.15, 0.2) is 6.61 Å². The first kappa shape index (κ1) is 18.1. The topological polar surface area (TPSA) is 51.2 Å². The largest absolute Gasteiger partial charge is 0.483 e. The summed E-state index contributed by atoms with van der Waals surface area (Å²) in [6, 6.07) is 11.7. The molecule has 0 fully saturated rings. The summed E-state index contributed by atoms with van der Waals surface area (Å²) in [7, 11) is 0. The first-order valence-corrected chi connectivity index (χ1v) is 9.34. The number of aryl methyl sites for hydroxylation is 3. The lowest BCUT2D eigenvalue weighted by atomic mass is 10.1. The zero-order valence-corrected chi connectivity index (χ0v) is 16.2. The Bertz CT molecular complexity index is 930. The van der Waals surface area contributed by atoms with Gasteiger partial charge < -0.3 is 10.1 Å². The lowest BCUT2D eigenvalue weighted by Gasteiger charge is -2.14.